The van der Waals surface area contributed by atoms with Crippen LogP contribution in [0.2, 0.25) is 0 Å². The van der Waals surface area contributed by atoms with Crippen molar-refractivity contribution in [2.75, 3.05) is 24.5 Å². The Morgan fingerprint density at radius 2 is 2.33 bits per heavy atom. The fourth-order valence-electron chi connectivity index (χ4n) is 2.88. The van der Waals surface area contributed by atoms with E-state index in [0.717, 1.165) is 36.8 Å². The van der Waals surface area contributed by atoms with E-state index in [2.05, 4.69) is 26.3 Å². The number of oxazole rings is 1. The van der Waals surface area contributed by atoms with Crippen LogP contribution in [0, 0.1) is 5.92 Å². The van der Waals surface area contributed by atoms with Gasteiger partial charge in [-0.1, -0.05) is 0 Å². The average molecular weight is 242 g/mol. The number of aromatic nitrogens is 2. The summed E-state index contributed by atoms with van der Waals surface area (Å²) in [4.78, 5) is 10.9. The smallest absolute Gasteiger partial charge is 0.227 e. The van der Waals surface area contributed by atoms with Gasteiger partial charge in [0.1, 0.15) is 6.26 Å². The minimum Gasteiger partial charge on any atom is -0.444 e. The van der Waals surface area contributed by atoms with Crippen molar-refractivity contribution in [2.24, 2.45) is 5.92 Å². The Balaban J connectivity index is 1.64. The Labute approximate surface area is 105 Å². The lowest BCUT2D eigenvalue weighted by molar-refractivity contribution is 0.365. The molecular formula is C13H14N4O. The highest BCUT2D eigenvalue weighted by atomic mass is 16.3. The van der Waals surface area contributed by atoms with Gasteiger partial charge in [-0.05, 0) is 6.07 Å². The first-order chi connectivity index (χ1) is 8.92. The van der Waals surface area contributed by atoms with Gasteiger partial charge >= 0.3 is 0 Å². The molecule has 0 radical (unpaired) electrons. The average Bonchev–Trinajstić information content (AvgIpc) is 3.01. The Morgan fingerprint density at radius 3 is 3.17 bits per heavy atom. The lowest BCUT2D eigenvalue weighted by atomic mass is 9.91. The molecule has 4 heterocycles. The maximum atomic E-state index is 5.31. The Kier molecular flexibility index (Phi) is 2.14. The standard InChI is InChI=1S/C13H14N4O/c1-2-18-13(16-1)9-3-11(6-14-4-9)17-8-10-5-15-7-12(10)17/h1-4,6,10,12,15H,5,7-8H2. The number of anilines is 1. The van der Waals surface area contributed by atoms with Gasteiger partial charge in [0.2, 0.25) is 5.89 Å². The minimum atomic E-state index is 0.631. The zero-order valence-corrected chi connectivity index (χ0v) is 9.91. The van der Waals surface area contributed by atoms with E-state index in [1.54, 1.807) is 18.7 Å². The second-order valence-corrected chi connectivity index (χ2v) is 4.91. The van der Waals surface area contributed by atoms with Crippen LogP contribution in [0.25, 0.3) is 11.5 Å². The molecule has 0 aliphatic carbocycles. The van der Waals surface area contributed by atoms with Crippen LogP contribution in [-0.2, 0) is 0 Å². The first-order valence-corrected chi connectivity index (χ1v) is 6.24. The molecule has 5 heteroatoms. The van der Waals surface area contributed by atoms with Crippen molar-refractivity contribution in [2.45, 2.75) is 6.04 Å². The molecule has 1 N–H and O–H groups in total. The normalized spacial score (nSPS) is 25.9. The molecule has 18 heavy (non-hydrogen) atoms. The minimum absolute atomic E-state index is 0.631. The molecule has 2 unspecified atom stereocenters. The molecule has 92 valence electrons. The summed E-state index contributed by atoms with van der Waals surface area (Å²) in [5.74, 6) is 1.43. The summed E-state index contributed by atoms with van der Waals surface area (Å²) in [6.45, 7) is 3.34. The van der Waals surface area contributed by atoms with Gasteiger partial charge in [0.05, 0.1) is 23.6 Å². The van der Waals surface area contributed by atoms with Crippen molar-refractivity contribution >= 4 is 5.69 Å². The highest BCUT2D eigenvalue weighted by molar-refractivity contribution is 5.61. The van der Waals surface area contributed by atoms with Crippen LogP contribution < -0.4 is 10.2 Å². The number of hydrogen-bond acceptors (Lipinski definition) is 5. The molecule has 0 amide bonds. The van der Waals surface area contributed by atoms with Crippen LogP contribution >= 0.6 is 0 Å². The molecule has 2 aliphatic rings. The largest absolute Gasteiger partial charge is 0.444 e. The Bertz CT molecular complexity index is 554. The number of fused-ring (bicyclic) bond motifs is 1. The first-order valence-electron chi connectivity index (χ1n) is 6.24. The van der Waals surface area contributed by atoms with Gasteiger partial charge in [0.15, 0.2) is 0 Å². The van der Waals surface area contributed by atoms with Gasteiger partial charge in [0, 0.05) is 37.8 Å². The van der Waals surface area contributed by atoms with Crippen LogP contribution in [-0.4, -0.2) is 35.6 Å². The van der Waals surface area contributed by atoms with Crippen molar-refractivity contribution in [1.29, 1.82) is 0 Å². The zero-order valence-electron chi connectivity index (χ0n) is 9.91. The number of nitrogens with zero attached hydrogens (tertiary/aromatic N) is 3. The predicted octanol–water partition coefficient (Wildman–Crippen LogP) is 1.14. The molecule has 2 aromatic heterocycles. The van der Waals surface area contributed by atoms with E-state index >= 15 is 0 Å². The molecule has 4 rings (SSSR count). The summed E-state index contributed by atoms with van der Waals surface area (Å²) >= 11 is 0. The van der Waals surface area contributed by atoms with E-state index in [1.165, 1.54) is 0 Å². The topological polar surface area (TPSA) is 54.2 Å². The summed E-state index contributed by atoms with van der Waals surface area (Å²) in [5, 5.41) is 3.43. The van der Waals surface area contributed by atoms with Crippen molar-refractivity contribution in [1.82, 2.24) is 15.3 Å². The lowest BCUT2D eigenvalue weighted by Gasteiger charge is -2.45. The lowest BCUT2D eigenvalue weighted by Crippen LogP contribution is -2.55. The van der Waals surface area contributed by atoms with Gasteiger partial charge < -0.3 is 14.6 Å². The fourth-order valence-corrected chi connectivity index (χ4v) is 2.88. The van der Waals surface area contributed by atoms with Crippen molar-refractivity contribution < 1.29 is 4.42 Å². The van der Waals surface area contributed by atoms with E-state index in [9.17, 15) is 0 Å². The highest BCUT2D eigenvalue weighted by Gasteiger charge is 2.42. The van der Waals surface area contributed by atoms with Gasteiger partial charge in [-0.15, -0.1) is 0 Å². The van der Waals surface area contributed by atoms with Crippen LogP contribution in [0.3, 0.4) is 0 Å². The molecule has 2 aromatic rings. The SMILES string of the molecule is c1coc(-c2cncc(N3CC4CNCC43)c2)n1. The van der Waals surface area contributed by atoms with Crippen molar-refractivity contribution in [3.63, 3.8) is 0 Å². The first kappa shape index (κ1) is 10.1. The highest BCUT2D eigenvalue weighted by Crippen LogP contribution is 2.34. The van der Waals surface area contributed by atoms with Gasteiger partial charge in [0.25, 0.3) is 0 Å². The number of rotatable bonds is 2. The van der Waals surface area contributed by atoms with E-state index in [0.29, 0.717) is 11.9 Å². The summed E-state index contributed by atoms with van der Waals surface area (Å²) in [7, 11) is 0. The second-order valence-electron chi connectivity index (χ2n) is 4.91. The monoisotopic (exact) mass is 242 g/mol. The summed E-state index contributed by atoms with van der Waals surface area (Å²) in [6, 6.07) is 2.74. The molecule has 5 nitrogen and oxygen atoms in total. The summed E-state index contributed by atoms with van der Waals surface area (Å²) < 4.78 is 5.31. The van der Waals surface area contributed by atoms with E-state index in [-0.39, 0.29) is 0 Å². The molecule has 2 aliphatic heterocycles. The maximum absolute atomic E-state index is 5.31. The van der Waals surface area contributed by atoms with Gasteiger partial charge in [-0.3, -0.25) is 4.98 Å². The molecule has 0 spiro atoms. The van der Waals surface area contributed by atoms with Gasteiger partial charge in [-0.25, -0.2) is 4.98 Å². The second kappa shape index (κ2) is 3.81. The summed E-state index contributed by atoms with van der Waals surface area (Å²) in [5.41, 5.74) is 2.10. The number of hydrogen-bond donors (Lipinski definition) is 1. The molecule has 0 saturated carbocycles. The van der Waals surface area contributed by atoms with E-state index < -0.39 is 0 Å². The van der Waals surface area contributed by atoms with Crippen LogP contribution in [0.5, 0.6) is 0 Å². The molecule has 2 atom stereocenters. The molecule has 2 saturated heterocycles. The summed E-state index contributed by atoms with van der Waals surface area (Å²) in [6.07, 6.45) is 6.95. The zero-order chi connectivity index (χ0) is 11.9. The van der Waals surface area contributed by atoms with Crippen LogP contribution in [0.1, 0.15) is 0 Å². The Morgan fingerprint density at radius 1 is 1.33 bits per heavy atom. The van der Waals surface area contributed by atoms with E-state index in [4.69, 9.17) is 4.42 Å². The fraction of sp³-hybridized carbons (Fsp3) is 0.385. The third kappa shape index (κ3) is 1.44. The van der Waals surface area contributed by atoms with Crippen LogP contribution in [0.15, 0.2) is 35.3 Å². The van der Waals surface area contributed by atoms with E-state index in [1.807, 2.05) is 6.20 Å². The number of pyridine rings is 1. The molecule has 0 bridgehead atoms. The quantitative estimate of drug-likeness (QED) is 0.856. The van der Waals surface area contributed by atoms with Crippen molar-refractivity contribution in [3.05, 3.63) is 30.9 Å². The number of nitrogens with one attached hydrogen (secondary N) is 1. The van der Waals surface area contributed by atoms with Crippen LogP contribution in [0.4, 0.5) is 5.69 Å². The third-order valence-corrected chi connectivity index (χ3v) is 3.87. The maximum Gasteiger partial charge on any atom is 0.227 e. The molecule has 2 fully saturated rings. The molecular weight excluding hydrogens is 228 g/mol. The predicted molar refractivity (Wildman–Crippen MR) is 67.2 cm³/mol. The van der Waals surface area contributed by atoms with Crippen molar-refractivity contribution in [3.8, 4) is 11.5 Å². The molecule has 0 aromatic carbocycles. The van der Waals surface area contributed by atoms with Gasteiger partial charge in [-0.2, -0.15) is 0 Å². The Hall–Kier alpha value is -1.88. The third-order valence-electron chi connectivity index (χ3n) is 3.87.